The van der Waals surface area contributed by atoms with Gasteiger partial charge in [0.2, 0.25) is 0 Å². The zero-order valence-electron chi connectivity index (χ0n) is 12.3. The maximum Gasteiger partial charge on any atom is 0.0691 e. The molecular weight excluding hydrogens is 258 g/mol. The van der Waals surface area contributed by atoms with Crippen LogP contribution in [0.15, 0.2) is 42.6 Å². The number of aromatic nitrogens is 1. The van der Waals surface area contributed by atoms with Crippen LogP contribution in [0.1, 0.15) is 36.6 Å². The Labute approximate surface area is 126 Å². The molecule has 2 aliphatic rings. The lowest BCUT2D eigenvalue weighted by Gasteiger charge is -2.19. The van der Waals surface area contributed by atoms with Crippen molar-refractivity contribution < 1.29 is 0 Å². The smallest absolute Gasteiger partial charge is 0.0691 e. The van der Waals surface area contributed by atoms with E-state index in [-0.39, 0.29) is 0 Å². The van der Waals surface area contributed by atoms with Gasteiger partial charge in [0, 0.05) is 30.7 Å². The topological polar surface area (TPSA) is 28.2 Å². The highest BCUT2D eigenvalue weighted by Crippen LogP contribution is 2.32. The van der Waals surface area contributed by atoms with E-state index in [4.69, 9.17) is 0 Å². The molecule has 0 radical (unpaired) electrons. The molecule has 3 heteroatoms. The number of benzene rings is 1. The molecule has 2 aromatic rings. The van der Waals surface area contributed by atoms with Crippen LogP contribution in [0.5, 0.6) is 0 Å². The summed E-state index contributed by atoms with van der Waals surface area (Å²) in [4.78, 5) is 7.02. The van der Waals surface area contributed by atoms with Gasteiger partial charge in [0.15, 0.2) is 0 Å². The molecule has 108 valence electrons. The van der Waals surface area contributed by atoms with Crippen LogP contribution in [0.25, 0.3) is 0 Å². The highest BCUT2D eigenvalue weighted by atomic mass is 15.1. The predicted molar refractivity (Wildman–Crippen MR) is 86.8 cm³/mol. The molecule has 1 atom stereocenters. The van der Waals surface area contributed by atoms with Gasteiger partial charge in [0.1, 0.15) is 0 Å². The van der Waals surface area contributed by atoms with Crippen LogP contribution in [0, 0.1) is 0 Å². The second-order valence-electron chi connectivity index (χ2n) is 6.02. The summed E-state index contributed by atoms with van der Waals surface area (Å²) >= 11 is 0. The standard InChI is InChI=1S/C18H21N3/c1-2-13-21(12-1)16-8-6-15(7-9-16)20-17-10-5-14-4-3-11-19-18(14)17/h3-4,6-9,11,17,20H,1-2,5,10,12-13H2. The third kappa shape index (κ3) is 2.48. The molecule has 0 amide bonds. The lowest BCUT2D eigenvalue weighted by molar-refractivity contribution is 0.746. The average Bonchev–Trinajstić information content (AvgIpc) is 3.19. The average molecular weight is 279 g/mol. The molecule has 1 aliphatic heterocycles. The number of aryl methyl sites for hydroxylation is 1. The third-order valence-corrected chi connectivity index (χ3v) is 4.64. The largest absolute Gasteiger partial charge is 0.377 e. The van der Waals surface area contributed by atoms with Crippen LogP contribution in [0.2, 0.25) is 0 Å². The minimum absolute atomic E-state index is 0.360. The number of nitrogens with zero attached hydrogens (tertiary/aromatic N) is 2. The Bertz CT molecular complexity index is 615. The molecule has 0 saturated carbocycles. The quantitative estimate of drug-likeness (QED) is 0.926. The SMILES string of the molecule is c1cnc2c(c1)CCC2Nc1ccc(N2CCCC2)cc1. The molecule has 1 aromatic carbocycles. The van der Waals surface area contributed by atoms with Crippen LogP contribution >= 0.6 is 0 Å². The summed E-state index contributed by atoms with van der Waals surface area (Å²) in [6, 6.07) is 13.5. The number of hydrogen-bond acceptors (Lipinski definition) is 3. The van der Waals surface area contributed by atoms with Gasteiger partial charge in [0.05, 0.1) is 11.7 Å². The summed E-state index contributed by atoms with van der Waals surface area (Å²) in [6.45, 7) is 2.40. The van der Waals surface area contributed by atoms with Crippen molar-refractivity contribution in [3.8, 4) is 0 Å². The monoisotopic (exact) mass is 279 g/mol. The van der Waals surface area contributed by atoms with E-state index in [0.29, 0.717) is 6.04 Å². The molecule has 1 aromatic heterocycles. The van der Waals surface area contributed by atoms with Gasteiger partial charge in [-0.05, 0) is 61.6 Å². The number of nitrogens with one attached hydrogen (secondary N) is 1. The van der Waals surface area contributed by atoms with E-state index in [9.17, 15) is 0 Å². The van der Waals surface area contributed by atoms with E-state index in [2.05, 4.69) is 45.5 Å². The second kappa shape index (κ2) is 5.40. The predicted octanol–water partition coefficient (Wildman–Crippen LogP) is 3.78. The van der Waals surface area contributed by atoms with E-state index < -0.39 is 0 Å². The molecule has 4 rings (SSSR count). The lowest BCUT2D eigenvalue weighted by atomic mass is 10.2. The minimum Gasteiger partial charge on any atom is -0.377 e. The van der Waals surface area contributed by atoms with Crippen molar-refractivity contribution in [3.63, 3.8) is 0 Å². The molecule has 1 saturated heterocycles. The fourth-order valence-corrected chi connectivity index (χ4v) is 3.50. The Morgan fingerprint density at radius 3 is 2.67 bits per heavy atom. The molecular formula is C18H21N3. The van der Waals surface area contributed by atoms with E-state index in [1.807, 2.05) is 12.3 Å². The fourth-order valence-electron chi connectivity index (χ4n) is 3.50. The Morgan fingerprint density at radius 2 is 1.86 bits per heavy atom. The van der Waals surface area contributed by atoms with Crippen LogP contribution in [-0.4, -0.2) is 18.1 Å². The summed E-state index contributed by atoms with van der Waals surface area (Å²) < 4.78 is 0. The summed E-state index contributed by atoms with van der Waals surface area (Å²) in [5, 5.41) is 3.63. The van der Waals surface area contributed by atoms with Gasteiger partial charge >= 0.3 is 0 Å². The highest BCUT2D eigenvalue weighted by molar-refractivity contribution is 5.56. The van der Waals surface area contributed by atoms with E-state index >= 15 is 0 Å². The first kappa shape index (κ1) is 12.7. The van der Waals surface area contributed by atoms with Gasteiger partial charge in [-0.2, -0.15) is 0 Å². The molecule has 1 aliphatic carbocycles. The van der Waals surface area contributed by atoms with Crippen molar-refractivity contribution in [2.24, 2.45) is 0 Å². The molecule has 1 unspecified atom stereocenters. The van der Waals surface area contributed by atoms with Crippen molar-refractivity contribution >= 4 is 11.4 Å². The van der Waals surface area contributed by atoms with E-state index in [1.54, 1.807) is 0 Å². The van der Waals surface area contributed by atoms with Crippen LogP contribution < -0.4 is 10.2 Å². The van der Waals surface area contributed by atoms with E-state index in [0.717, 1.165) is 12.8 Å². The summed E-state index contributed by atoms with van der Waals surface area (Å²) in [5.41, 5.74) is 5.16. The molecule has 21 heavy (non-hydrogen) atoms. The maximum absolute atomic E-state index is 4.55. The van der Waals surface area contributed by atoms with Gasteiger partial charge < -0.3 is 10.2 Å². The van der Waals surface area contributed by atoms with Crippen molar-refractivity contribution in [1.29, 1.82) is 0 Å². The van der Waals surface area contributed by atoms with Gasteiger partial charge in [-0.3, -0.25) is 4.98 Å². The van der Waals surface area contributed by atoms with Crippen molar-refractivity contribution in [1.82, 2.24) is 4.98 Å². The molecule has 1 fully saturated rings. The number of fused-ring (bicyclic) bond motifs is 1. The second-order valence-corrected chi connectivity index (χ2v) is 6.02. The molecule has 0 bridgehead atoms. The van der Waals surface area contributed by atoms with Gasteiger partial charge in [-0.15, -0.1) is 0 Å². The Hall–Kier alpha value is -2.03. The molecule has 2 heterocycles. The van der Waals surface area contributed by atoms with Crippen molar-refractivity contribution in [2.75, 3.05) is 23.3 Å². The van der Waals surface area contributed by atoms with E-state index in [1.165, 1.54) is 48.6 Å². The number of rotatable bonds is 3. The molecule has 3 nitrogen and oxygen atoms in total. The van der Waals surface area contributed by atoms with Gasteiger partial charge in [-0.25, -0.2) is 0 Å². The lowest BCUT2D eigenvalue weighted by Crippen LogP contribution is -2.17. The van der Waals surface area contributed by atoms with Gasteiger partial charge in [-0.1, -0.05) is 6.07 Å². The first-order valence-corrected chi connectivity index (χ1v) is 7.95. The van der Waals surface area contributed by atoms with Crippen molar-refractivity contribution in [3.05, 3.63) is 53.9 Å². The Morgan fingerprint density at radius 1 is 1.05 bits per heavy atom. The Kier molecular flexibility index (Phi) is 3.26. The fraction of sp³-hybridized carbons (Fsp3) is 0.389. The zero-order valence-corrected chi connectivity index (χ0v) is 12.3. The molecule has 0 spiro atoms. The minimum atomic E-state index is 0.360. The number of anilines is 2. The first-order chi connectivity index (χ1) is 10.4. The summed E-state index contributed by atoms with van der Waals surface area (Å²) in [7, 11) is 0. The number of hydrogen-bond donors (Lipinski definition) is 1. The third-order valence-electron chi connectivity index (χ3n) is 4.64. The van der Waals surface area contributed by atoms with Crippen LogP contribution in [0.3, 0.4) is 0 Å². The summed E-state index contributed by atoms with van der Waals surface area (Å²) in [5.74, 6) is 0. The zero-order chi connectivity index (χ0) is 14.1. The van der Waals surface area contributed by atoms with Gasteiger partial charge in [0.25, 0.3) is 0 Å². The Balaban J connectivity index is 1.48. The van der Waals surface area contributed by atoms with Crippen LogP contribution in [0.4, 0.5) is 11.4 Å². The van der Waals surface area contributed by atoms with Crippen LogP contribution in [-0.2, 0) is 6.42 Å². The maximum atomic E-state index is 4.55. The molecule has 1 N–H and O–H groups in total. The normalized spacial score (nSPS) is 20.6. The first-order valence-electron chi connectivity index (χ1n) is 7.95. The summed E-state index contributed by atoms with van der Waals surface area (Å²) in [6.07, 6.45) is 6.82. The highest BCUT2D eigenvalue weighted by Gasteiger charge is 2.23. The number of pyridine rings is 1. The van der Waals surface area contributed by atoms with Crippen molar-refractivity contribution in [2.45, 2.75) is 31.7 Å².